The Kier molecular flexibility index (Phi) is 3.14. The number of benzene rings is 1. The van der Waals surface area contributed by atoms with Gasteiger partial charge in [-0.25, -0.2) is 4.79 Å². The molecule has 0 aliphatic rings. The van der Waals surface area contributed by atoms with Crippen molar-refractivity contribution in [3.63, 3.8) is 0 Å². The maximum atomic E-state index is 11.9. The molecule has 0 unspecified atom stereocenters. The molecular formula is C14H14ClN3O2. The van der Waals surface area contributed by atoms with Gasteiger partial charge in [0.25, 0.3) is 0 Å². The summed E-state index contributed by atoms with van der Waals surface area (Å²) in [5.41, 5.74) is 2.03. The van der Waals surface area contributed by atoms with Gasteiger partial charge in [0.1, 0.15) is 0 Å². The van der Waals surface area contributed by atoms with E-state index < -0.39 is 5.76 Å². The maximum absolute atomic E-state index is 11.9. The normalized spacial score (nSPS) is 11.6. The fourth-order valence-electron chi connectivity index (χ4n) is 2.10. The number of hydrogen-bond donors (Lipinski definition) is 0. The lowest BCUT2D eigenvalue weighted by molar-refractivity contribution is 0.504. The van der Waals surface area contributed by atoms with E-state index in [9.17, 15) is 4.79 Å². The summed E-state index contributed by atoms with van der Waals surface area (Å²) < 4.78 is 8.61. The summed E-state index contributed by atoms with van der Waals surface area (Å²) in [5.74, 6) is -0.402. The summed E-state index contributed by atoms with van der Waals surface area (Å²) in [4.78, 5) is 11.9. The van der Waals surface area contributed by atoms with Crippen molar-refractivity contribution in [1.82, 2.24) is 14.3 Å². The molecule has 0 spiro atoms. The topological polar surface area (TPSA) is 53.0 Å². The van der Waals surface area contributed by atoms with Crippen molar-refractivity contribution < 1.29 is 4.42 Å². The van der Waals surface area contributed by atoms with Gasteiger partial charge in [-0.15, -0.1) is 0 Å². The largest absolute Gasteiger partial charge is 0.420 e. The van der Waals surface area contributed by atoms with Crippen LogP contribution in [0, 0.1) is 0 Å². The van der Waals surface area contributed by atoms with Crippen molar-refractivity contribution in [3.05, 3.63) is 51.7 Å². The van der Waals surface area contributed by atoms with Crippen LogP contribution >= 0.6 is 11.6 Å². The molecule has 0 bridgehead atoms. The number of fused-ring (bicyclic) bond motifs is 1. The molecule has 0 N–H and O–H groups in total. The third-order valence-corrected chi connectivity index (χ3v) is 3.38. The van der Waals surface area contributed by atoms with Gasteiger partial charge in [-0.2, -0.15) is 5.10 Å². The second-order valence-corrected chi connectivity index (χ2v) is 5.38. The van der Waals surface area contributed by atoms with Gasteiger partial charge >= 0.3 is 5.76 Å². The number of oxazole rings is 1. The Balaban J connectivity index is 2.01. The summed E-state index contributed by atoms with van der Waals surface area (Å²) in [6.45, 7) is 4.49. The molecule has 3 aromatic rings. The third kappa shape index (κ3) is 2.25. The van der Waals surface area contributed by atoms with Crippen LogP contribution in [0.15, 0.2) is 39.7 Å². The Bertz CT molecular complexity index is 813. The van der Waals surface area contributed by atoms with Gasteiger partial charge in [0.05, 0.1) is 17.8 Å². The molecule has 0 aliphatic carbocycles. The molecule has 20 heavy (non-hydrogen) atoms. The van der Waals surface area contributed by atoms with E-state index in [0.29, 0.717) is 23.2 Å². The zero-order chi connectivity index (χ0) is 14.3. The first-order chi connectivity index (χ1) is 9.54. The Hall–Kier alpha value is -2.01. The molecule has 104 valence electrons. The molecule has 0 saturated heterocycles. The highest BCUT2D eigenvalue weighted by molar-refractivity contribution is 6.31. The van der Waals surface area contributed by atoms with Gasteiger partial charge in [-0.1, -0.05) is 11.6 Å². The standard InChI is InChI=1S/C14H14ClN3O2/c1-9(2)18-6-5-11(16-18)8-17-12-4-3-10(15)7-13(12)20-14(17)19/h3-7,9H,8H2,1-2H3. The van der Waals surface area contributed by atoms with Crippen molar-refractivity contribution in [3.8, 4) is 0 Å². The lowest BCUT2D eigenvalue weighted by Crippen LogP contribution is -2.15. The van der Waals surface area contributed by atoms with Crippen molar-refractivity contribution in [2.75, 3.05) is 0 Å². The van der Waals surface area contributed by atoms with E-state index in [-0.39, 0.29) is 0 Å². The highest BCUT2D eigenvalue weighted by Gasteiger charge is 2.11. The van der Waals surface area contributed by atoms with Crippen LogP contribution in [-0.2, 0) is 6.54 Å². The third-order valence-electron chi connectivity index (χ3n) is 3.14. The molecule has 0 aliphatic heterocycles. The van der Waals surface area contributed by atoms with E-state index in [1.807, 2.05) is 16.9 Å². The number of halogens is 1. The monoisotopic (exact) mass is 291 g/mol. The Labute approximate surface area is 120 Å². The molecule has 6 heteroatoms. The van der Waals surface area contributed by atoms with Crippen LogP contribution in [0.5, 0.6) is 0 Å². The first kappa shape index (κ1) is 13.0. The highest BCUT2D eigenvalue weighted by Crippen LogP contribution is 2.19. The Morgan fingerprint density at radius 2 is 2.15 bits per heavy atom. The predicted octanol–water partition coefficient (Wildman–Crippen LogP) is 3.07. The van der Waals surface area contributed by atoms with Crippen LogP contribution in [0.2, 0.25) is 5.02 Å². The fraction of sp³-hybridized carbons (Fsp3) is 0.286. The molecule has 2 heterocycles. The number of rotatable bonds is 3. The second-order valence-electron chi connectivity index (χ2n) is 4.95. The number of aromatic nitrogens is 3. The molecule has 2 aromatic heterocycles. The molecular weight excluding hydrogens is 278 g/mol. The SMILES string of the molecule is CC(C)n1ccc(Cn2c(=O)oc3cc(Cl)ccc32)n1. The molecule has 5 nitrogen and oxygen atoms in total. The minimum absolute atomic E-state index is 0.292. The van der Waals surface area contributed by atoms with Crippen molar-refractivity contribution in [2.24, 2.45) is 0 Å². The Morgan fingerprint density at radius 1 is 1.35 bits per heavy atom. The first-order valence-electron chi connectivity index (χ1n) is 6.37. The second kappa shape index (κ2) is 4.83. The van der Waals surface area contributed by atoms with Crippen LogP contribution < -0.4 is 5.76 Å². The van der Waals surface area contributed by atoms with Gasteiger partial charge in [-0.05, 0) is 32.0 Å². The lowest BCUT2D eigenvalue weighted by atomic mass is 10.3. The zero-order valence-electron chi connectivity index (χ0n) is 11.2. The predicted molar refractivity (Wildman–Crippen MR) is 77.2 cm³/mol. The zero-order valence-corrected chi connectivity index (χ0v) is 12.0. The molecule has 0 amide bonds. The summed E-state index contributed by atoms with van der Waals surface area (Å²) in [6.07, 6.45) is 1.91. The Morgan fingerprint density at radius 3 is 2.85 bits per heavy atom. The van der Waals surface area contributed by atoms with Crippen LogP contribution in [0.4, 0.5) is 0 Å². The van der Waals surface area contributed by atoms with Crippen molar-refractivity contribution in [2.45, 2.75) is 26.4 Å². The summed E-state index contributed by atoms with van der Waals surface area (Å²) in [7, 11) is 0. The van der Waals surface area contributed by atoms with Crippen LogP contribution in [0.25, 0.3) is 11.1 Å². The van der Waals surface area contributed by atoms with E-state index in [4.69, 9.17) is 16.0 Å². The van der Waals surface area contributed by atoms with E-state index in [1.165, 1.54) is 0 Å². The minimum atomic E-state index is -0.402. The van der Waals surface area contributed by atoms with Crippen LogP contribution in [0.1, 0.15) is 25.6 Å². The smallest absolute Gasteiger partial charge is 0.408 e. The van der Waals surface area contributed by atoms with E-state index in [0.717, 1.165) is 11.2 Å². The van der Waals surface area contributed by atoms with Gasteiger partial charge < -0.3 is 4.42 Å². The lowest BCUT2D eigenvalue weighted by Gasteiger charge is -2.04. The number of hydrogen-bond acceptors (Lipinski definition) is 3. The highest BCUT2D eigenvalue weighted by atomic mass is 35.5. The molecule has 0 radical (unpaired) electrons. The van der Waals surface area contributed by atoms with Crippen LogP contribution in [0.3, 0.4) is 0 Å². The first-order valence-corrected chi connectivity index (χ1v) is 6.75. The average Bonchev–Trinajstić information content (AvgIpc) is 2.96. The summed E-state index contributed by atoms with van der Waals surface area (Å²) in [5, 5.41) is 4.98. The van der Waals surface area contributed by atoms with E-state index >= 15 is 0 Å². The molecule has 0 saturated carbocycles. The molecule has 1 aromatic carbocycles. The molecule has 0 fully saturated rings. The van der Waals surface area contributed by atoms with Crippen LogP contribution in [-0.4, -0.2) is 14.3 Å². The van der Waals surface area contributed by atoms with Gasteiger partial charge in [-0.3, -0.25) is 9.25 Å². The summed E-state index contributed by atoms with van der Waals surface area (Å²) in [6, 6.07) is 7.35. The minimum Gasteiger partial charge on any atom is -0.408 e. The quantitative estimate of drug-likeness (QED) is 0.745. The molecule has 0 atom stereocenters. The molecule has 3 rings (SSSR count). The van der Waals surface area contributed by atoms with Gasteiger partial charge in [0, 0.05) is 23.3 Å². The number of nitrogens with zero attached hydrogens (tertiary/aromatic N) is 3. The van der Waals surface area contributed by atoms with Gasteiger partial charge in [0.15, 0.2) is 5.58 Å². The van der Waals surface area contributed by atoms with E-state index in [1.54, 1.807) is 22.8 Å². The van der Waals surface area contributed by atoms with Gasteiger partial charge in [0.2, 0.25) is 0 Å². The average molecular weight is 292 g/mol. The summed E-state index contributed by atoms with van der Waals surface area (Å²) >= 11 is 5.89. The maximum Gasteiger partial charge on any atom is 0.420 e. The fourth-order valence-corrected chi connectivity index (χ4v) is 2.26. The van der Waals surface area contributed by atoms with Crippen molar-refractivity contribution >= 4 is 22.7 Å². The van der Waals surface area contributed by atoms with E-state index in [2.05, 4.69) is 18.9 Å². The van der Waals surface area contributed by atoms with Crippen molar-refractivity contribution in [1.29, 1.82) is 0 Å².